The first kappa shape index (κ1) is 14.5. The zero-order chi connectivity index (χ0) is 14.5. The van der Waals surface area contributed by atoms with Gasteiger partial charge >= 0.3 is 0 Å². The lowest BCUT2D eigenvalue weighted by Crippen LogP contribution is -2.42. The van der Waals surface area contributed by atoms with Crippen molar-refractivity contribution in [3.05, 3.63) is 35.4 Å². The molecule has 1 saturated carbocycles. The summed E-state index contributed by atoms with van der Waals surface area (Å²) in [6.45, 7) is 2.45. The molecule has 0 bridgehead atoms. The van der Waals surface area contributed by atoms with Crippen molar-refractivity contribution in [3.8, 4) is 0 Å². The topological polar surface area (TPSA) is 78.4 Å². The van der Waals surface area contributed by atoms with Gasteiger partial charge in [-0.25, -0.2) is 0 Å². The molecule has 3 N–H and O–H groups in total. The molecule has 0 saturated heterocycles. The van der Waals surface area contributed by atoms with Crippen LogP contribution in [0.1, 0.15) is 28.8 Å². The van der Waals surface area contributed by atoms with E-state index in [4.69, 9.17) is 5.11 Å². The molecule has 0 unspecified atom stereocenters. The number of rotatable bonds is 5. The molecule has 2 amide bonds. The van der Waals surface area contributed by atoms with E-state index < -0.39 is 0 Å². The van der Waals surface area contributed by atoms with E-state index in [0.29, 0.717) is 18.0 Å². The summed E-state index contributed by atoms with van der Waals surface area (Å²) in [6, 6.07) is 7.22. The highest BCUT2D eigenvalue weighted by atomic mass is 16.3. The number of nitrogens with one attached hydrogen (secondary N) is 2. The number of hydrogen-bond donors (Lipinski definition) is 3. The number of amides is 2. The normalized spacial score (nSPS) is 20.9. The average molecular weight is 276 g/mol. The minimum Gasteiger partial charge on any atom is -0.393 e. The van der Waals surface area contributed by atoms with Crippen molar-refractivity contribution >= 4 is 11.8 Å². The number of carbonyl (C=O) groups is 2. The van der Waals surface area contributed by atoms with Crippen LogP contribution in [0.3, 0.4) is 0 Å². The molecule has 20 heavy (non-hydrogen) atoms. The fraction of sp³-hybridized carbons (Fsp3) is 0.467. The summed E-state index contributed by atoms with van der Waals surface area (Å²) in [5, 5.41) is 14.5. The Labute approximate surface area is 118 Å². The van der Waals surface area contributed by atoms with Gasteiger partial charge in [0.15, 0.2) is 0 Å². The molecule has 5 heteroatoms. The van der Waals surface area contributed by atoms with E-state index in [-0.39, 0.29) is 24.5 Å². The SMILES string of the molecule is Cc1cccc(C(=O)NCC(=O)NCC2CC(O)C2)c1. The van der Waals surface area contributed by atoms with E-state index >= 15 is 0 Å². The van der Waals surface area contributed by atoms with Gasteiger partial charge in [-0.1, -0.05) is 17.7 Å². The van der Waals surface area contributed by atoms with Crippen LogP contribution in [0.15, 0.2) is 24.3 Å². The maximum absolute atomic E-state index is 11.8. The van der Waals surface area contributed by atoms with Crippen LogP contribution in [-0.2, 0) is 4.79 Å². The quantitative estimate of drug-likeness (QED) is 0.737. The zero-order valence-corrected chi connectivity index (χ0v) is 11.6. The fourth-order valence-electron chi connectivity index (χ4n) is 2.24. The molecule has 0 spiro atoms. The summed E-state index contributed by atoms with van der Waals surface area (Å²) in [4.78, 5) is 23.4. The average Bonchev–Trinajstić information content (AvgIpc) is 2.39. The van der Waals surface area contributed by atoms with Gasteiger partial charge in [0.05, 0.1) is 12.6 Å². The Balaban J connectivity index is 1.69. The second-order valence-corrected chi connectivity index (χ2v) is 5.35. The number of aliphatic hydroxyl groups excluding tert-OH is 1. The van der Waals surface area contributed by atoms with E-state index in [2.05, 4.69) is 10.6 Å². The van der Waals surface area contributed by atoms with Crippen LogP contribution in [0.5, 0.6) is 0 Å². The van der Waals surface area contributed by atoms with Crippen molar-refractivity contribution in [2.75, 3.05) is 13.1 Å². The van der Waals surface area contributed by atoms with Gasteiger partial charge in [0.25, 0.3) is 5.91 Å². The fourth-order valence-corrected chi connectivity index (χ4v) is 2.24. The Morgan fingerprint density at radius 2 is 2.05 bits per heavy atom. The first-order valence-electron chi connectivity index (χ1n) is 6.84. The number of carbonyl (C=O) groups excluding carboxylic acids is 2. The second kappa shape index (κ2) is 6.52. The predicted molar refractivity (Wildman–Crippen MR) is 75.3 cm³/mol. The summed E-state index contributed by atoms with van der Waals surface area (Å²) in [6.07, 6.45) is 1.28. The van der Waals surface area contributed by atoms with E-state index in [9.17, 15) is 9.59 Å². The molecule has 0 heterocycles. The minimum atomic E-state index is -0.247. The van der Waals surface area contributed by atoms with Gasteiger partial charge in [-0.3, -0.25) is 9.59 Å². The molecule has 108 valence electrons. The molecule has 0 aliphatic heterocycles. The molecule has 5 nitrogen and oxygen atoms in total. The predicted octanol–water partition coefficient (Wildman–Crippen LogP) is 0.612. The Morgan fingerprint density at radius 3 is 2.70 bits per heavy atom. The van der Waals surface area contributed by atoms with Gasteiger partial charge in [0.1, 0.15) is 0 Å². The van der Waals surface area contributed by atoms with Crippen molar-refractivity contribution in [1.29, 1.82) is 0 Å². The standard InChI is InChI=1S/C15H20N2O3/c1-10-3-2-4-12(5-10)15(20)17-9-14(19)16-8-11-6-13(18)7-11/h2-5,11,13,18H,6-9H2,1H3,(H,16,19)(H,17,20). The highest BCUT2D eigenvalue weighted by Crippen LogP contribution is 2.25. The van der Waals surface area contributed by atoms with E-state index in [1.165, 1.54) is 0 Å². The number of benzene rings is 1. The van der Waals surface area contributed by atoms with Crippen molar-refractivity contribution in [2.45, 2.75) is 25.9 Å². The molecule has 1 aromatic carbocycles. The summed E-state index contributed by atoms with van der Waals surface area (Å²) < 4.78 is 0. The maximum Gasteiger partial charge on any atom is 0.251 e. The summed E-state index contributed by atoms with van der Waals surface area (Å²) >= 11 is 0. The van der Waals surface area contributed by atoms with Gasteiger partial charge < -0.3 is 15.7 Å². The van der Waals surface area contributed by atoms with Crippen LogP contribution in [-0.4, -0.2) is 36.1 Å². The maximum atomic E-state index is 11.8. The van der Waals surface area contributed by atoms with Crippen LogP contribution in [0.25, 0.3) is 0 Å². The Hall–Kier alpha value is -1.88. The molecule has 0 aromatic heterocycles. The van der Waals surface area contributed by atoms with Crippen molar-refractivity contribution in [2.24, 2.45) is 5.92 Å². The highest BCUT2D eigenvalue weighted by Gasteiger charge is 2.27. The van der Waals surface area contributed by atoms with Crippen molar-refractivity contribution in [3.63, 3.8) is 0 Å². The Morgan fingerprint density at radius 1 is 1.30 bits per heavy atom. The molecule has 0 atom stereocenters. The number of hydrogen-bond acceptors (Lipinski definition) is 3. The molecule has 1 aliphatic carbocycles. The Kier molecular flexibility index (Phi) is 4.74. The van der Waals surface area contributed by atoms with Crippen LogP contribution >= 0.6 is 0 Å². The minimum absolute atomic E-state index is 0.0257. The van der Waals surface area contributed by atoms with E-state index in [1.54, 1.807) is 12.1 Å². The smallest absolute Gasteiger partial charge is 0.251 e. The van der Waals surface area contributed by atoms with E-state index in [0.717, 1.165) is 18.4 Å². The largest absolute Gasteiger partial charge is 0.393 e. The lowest BCUT2D eigenvalue weighted by Gasteiger charge is -2.31. The monoisotopic (exact) mass is 276 g/mol. The lowest BCUT2D eigenvalue weighted by atomic mass is 9.82. The second-order valence-electron chi connectivity index (χ2n) is 5.35. The summed E-state index contributed by atoms with van der Waals surface area (Å²) in [5.74, 6) is -0.0864. The molecule has 1 aromatic rings. The van der Waals surface area contributed by atoms with Gasteiger partial charge in [-0.2, -0.15) is 0 Å². The molecular weight excluding hydrogens is 256 g/mol. The van der Waals surface area contributed by atoms with Crippen molar-refractivity contribution in [1.82, 2.24) is 10.6 Å². The summed E-state index contributed by atoms with van der Waals surface area (Å²) in [7, 11) is 0. The highest BCUT2D eigenvalue weighted by molar-refractivity contribution is 5.96. The van der Waals surface area contributed by atoms with E-state index in [1.807, 2.05) is 19.1 Å². The molecule has 0 radical (unpaired) electrons. The third-order valence-corrected chi connectivity index (χ3v) is 3.49. The van der Waals surface area contributed by atoms with Crippen LogP contribution in [0.4, 0.5) is 0 Å². The first-order valence-corrected chi connectivity index (χ1v) is 6.84. The number of aryl methyl sites for hydroxylation is 1. The van der Waals surface area contributed by atoms with Crippen LogP contribution in [0, 0.1) is 12.8 Å². The van der Waals surface area contributed by atoms with Crippen LogP contribution < -0.4 is 10.6 Å². The molecular formula is C15H20N2O3. The van der Waals surface area contributed by atoms with Gasteiger partial charge in [0, 0.05) is 12.1 Å². The van der Waals surface area contributed by atoms with Crippen LogP contribution in [0.2, 0.25) is 0 Å². The van der Waals surface area contributed by atoms with Crippen molar-refractivity contribution < 1.29 is 14.7 Å². The molecule has 1 aliphatic rings. The van der Waals surface area contributed by atoms with Gasteiger partial charge in [0.2, 0.25) is 5.91 Å². The lowest BCUT2D eigenvalue weighted by molar-refractivity contribution is -0.120. The first-order chi connectivity index (χ1) is 9.54. The van der Waals surface area contributed by atoms with Gasteiger partial charge in [-0.05, 0) is 37.8 Å². The van der Waals surface area contributed by atoms with Gasteiger partial charge in [-0.15, -0.1) is 0 Å². The summed E-state index contributed by atoms with van der Waals surface area (Å²) in [5.41, 5.74) is 1.56. The third-order valence-electron chi connectivity index (χ3n) is 3.49. The number of aliphatic hydroxyl groups is 1. The molecule has 1 fully saturated rings. The zero-order valence-electron chi connectivity index (χ0n) is 11.6. The Bertz CT molecular complexity index is 496. The third kappa shape index (κ3) is 4.06. The molecule has 2 rings (SSSR count).